The molecule has 0 atom stereocenters. The number of nitrogen functional groups attached to an aromatic ring is 1. The summed E-state index contributed by atoms with van der Waals surface area (Å²) in [5.74, 6) is 0. The molecular weight excluding hydrogens is 230 g/mol. The van der Waals surface area contributed by atoms with Crippen molar-refractivity contribution >= 4 is 22.8 Å². The monoisotopic (exact) mass is 245 g/mol. The fourth-order valence-corrected chi connectivity index (χ4v) is 2.39. The SMILES string of the molecule is Nc1ccc2oc(N(C3CC3)C3COC3)nc2c1. The average molecular weight is 245 g/mol. The number of hydrogen-bond acceptors (Lipinski definition) is 5. The fourth-order valence-electron chi connectivity index (χ4n) is 2.39. The van der Waals surface area contributed by atoms with Gasteiger partial charge in [-0.1, -0.05) is 0 Å². The fraction of sp³-hybridized carbons (Fsp3) is 0.462. The first-order valence-corrected chi connectivity index (χ1v) is 6.33. The number of oxazole rings is 1. The maximum absolute atomic E-state index is 5.85. The van der Waals surface area contributed by atoms with Crippen molar-refractivity contribution in [1.82, 2.24) is 4.98 Å². The molecule has 18 heavy (non-hydrogen) atoms. The molecule has 2 aromatic rings. The van der Waals surface area contributed by atoms with Crippen molar-refractivity contribution < 1.29 is 9.15 Å². The summed E-state index contributed by atoms with van der Waals surface area (Å²) in [5, 5.41) is 0. The Morgan fingerprint density at radius 2 is 2.06 bits per heavy atom. The van der Waals surface area contributed by atoms with E-state index in [0.717, 1.165) is 24.3 Å². The van der Waals surface area contributed by atoms with Crippen LogP contribution in [0.1, 0.15) is 12.8 Å². The van der Waals surface area contributed by atoms with Crippen LogP contribution in [0.5, 0.6) is 0 Å². The van der Waals surface area contributed by atoms with Crippen LogP contribution in [0.15, 0.2) is 22.6 Å². The Hall–Kier alpha value is -1.75. The summed E-state index contributed by atoms with van der Waals surface area (Å²) in [4.78, 5) is 6.84. The number of aromatic nitrogens is 1. The van der Waals surface area contributed by atoms with Gasteiger partial charge in [-0.25, -0.2) is 0 Å². The molecule has 5 heteroatoms. The lowest BCUT2D eigenvalue weighted by Gasteiger charge is -2.36. The van der Waals surface area contributed by atoms with E-state index >= 15 is 0 Å². The minimum absolute atomic E-state index is 0.419. The Morgan fingerprint density at radius 3 is 2.72 bits per heavy atom. The molecule has 1 aromatic heterocycles. The summed E-state index contributed by atoms with van der Waals surface area (Å²) in [6.07, 6.45) is 2.44. The van der Waals surface area contributed by atoms with Crippen molar-refractivity contribution in [3.05, 3.63) is 18.2 Å². The van der Waals surface area contributed by atoms with Gasteiger partial charge < -0.3 is 19.8 Å². The number of anilines is 2. The standard InChI is InChI=1S/C13H15N3O2/c14-8-1-4-12-11(5-8)15-13(18-12)16(9-2-3-9)10-6-17-7-10/h1,4-5,9-10H,2-3,6-7,14H2. The Kier molecular flexibility index (Phi) is 2.05. The molecule has 5 nitrogen and oxygen atoms in total. The molecule has 94 valence electrons. The van der Waals surface area contributed by atoms with Crippen LogP contribution in [-0.4, -0.2) is 30.3 Å². The maximum Gasteiger partial charge on any atom is 0.299 e. The minimum Gasteiger partial charge on any atom is -0.423 e. The molecule has 1 aliphatic carbocycles. The van der Waals surface area contributed by atoms with E-state index in [-0.39, 0.29) is 0 Å². The van der Waals surface area contributed by atoms with Crippen molar-refractivity contribution in [2.45, 2.75) is 24.9 Å². The predicted molar refractivity (Wildman–Crippen MR) is 68.5 cm³/mol. The molecule has 2 N–H and O–H groups in total. The Labute approximate surface area is 105 Å². The van der Waals surface area contributed by atoms with Crippen LogP contribution in [0.3, 0.4) is 0 Å². The first-order valence-electron chi connectivity index (χ1n) is 6.33. The largest absolute Gasteiger partial charge is 0.423 e. The summed E-state index contributed by atoms with van der Waals surface area (Å²) >= 11 is 0. The number of nitrogens with two attached hydrogens (primary N) is 1. The van der Waals surface area contributed by atoms with E-state index in [1.54, 1.807) is 0 Å². The summed E-state index contributed by atoms with van der Waals surface area (Å²) < 4.78 is 11.1. The maximum atomic E-state index is 5.85. The van der Waals surface area contributed by atoms with Crippen LogP contribution in [0, 0.1) is 0 Å². The zero-order valence-corrected chi connectivity index (χ0v) is 10.0. The zero-order chi connectivity index (χ0) is 12.1. The molecule has 0 unspecified atom stereocenters. The molecule has 1 aliphatic heterocycles. The Bertz CT molecular complexity index is 587. The van der Waals surface area contributed by atoms with Gasteiger partial charge in [-0.05, 0) is 31.0 Å². The Morgan fingerprint density at radius 1 is 1.22 bits per heavy atom. The highest BCUT2D eigenvalue weighted by atomic mass is 16.5. The molecule has 2 heterocycles. The van der Waals surface area contributed by atoms with Crippen molar-refractivity contribution in [2.75, 3.05) is 23.8 Å². The van der Waals surface area contributed by atoms with E-state index < -0.39 is 0 Å². The number of fused-ring (bicyclic) bond motifs is 1. The molecule has 2 fully saturated rings. The molecule has 0 amide bonds. The van der Waals surface area contributed by atoms with Gasteiger partial charge in [0.1, 0.15) is 5.52 Å². The van der Waals surface area contributed by atoms with Crippen LogP contribution >= 0.6 is 0 Å². The van der Waals surface area contributed by atoms with E-state index in [4.69, 9.17) is 14.9 Å². The molecule has 1 saturated heterocycles. The summed E-state index contributed by atoms with van der Waals surface area (Å²) in [7, 11) is 0. The van der Waals surface area contributed by atoms with Gasteiger partial charge in [0, 0.05) is 11.7 Å². The highest BCUT2D eigenvalue weighted by Gasteiger charge is 2.40. The second-order valence-electron chi connectivity index (χ2n) is 5.05. The topological polar surface area (TPSA) is 64.5 Å². The second-order valence-corrected chi connectivity index (χ2v) is 5.05. The van der Waals surface area contributed by atoms with Crippen molar-refractivity contribution in [2.24, 2.45) is 0 Å². The number of rotatable bonds is 3. The Balaban J connectivity index is 1.75. The third-order valence-electron chi connectivity index (χ3n) is 3.58. The van der Waals surface area contributed by atoms with Gasteiger partial charge in [0.25, 0.3) is 6.01 Å². The number of benzene rings is 1. The molecule has 1 saturated carbocycles. The third kappa shape index (κ3) is 1.54. The van der Waals surface area contributed by atoms with Gasteiger partial charge >= 0.3 is 0 Å². The summed E-state index contributed by atoms with van der Waals surface area (Å²) in [5.41, 5.74) is 8.10. The van der Waals surface area contributed by atoms with Gasteiger partial charge in [-0.3, -0.25) is 0 Å². The number of ether oxygens (including phenoxy) is 1. The van der Waals surface area contributed by atoms with E-state index in [9.17, 15) is 0 Å². The average Bonchev–Trinajstić information content (AvgIpc) is 3.03. The first-order chi connectivity index (χ1) is 8.81. The highest BCUT2D eigenvalue weighted by Crippen LogP contribution is 2.36. The van der Waals surface area contributed by atoms with Crippen molar-refractivity contribution in [3.8, 4) is 0 Å². The van der Waals surface area contributed by atoms with Crippen LogP contribution in [-0.2, 0) is 4.74 Å². The molecule has 0 spiro atoms. The van der Waals surface area contributed by atoms with Crippen LogP contribution < -0.4 is 10.6 Å². The van der Waals surface area contributed by atoms with Crippen LogP contribution in [0.2, 0.25) is 0 Å². The lowest BCUT2D eigenvalue weighted by Crippen LogP contribution is -2.50. The first kappa shape index (κ1) is 10.2. The summed E-state index contributed by atoms with van der Waals surface area (Å²) in [6, 6.07) is 7.28. The molecule has 1 aromatic carbocycles. The number of hydrogen-bond donors (Lipinski definition) is 1. The predicted octanol–water partition coefficient (Wildman–Crippen LogP) is 1.78. The van der Waals surface area contributed by atoms with Crippen molar-refractivity contribution in [1.29, 1.82) is 0 Å². The molecule has 4 rings (SSSR count). The minimum atomic E-state index is 0.419. The lowest BCUT2D eigenvalue weighted by molar-refractivity contribution is 0.00576. The smallest absolute Gasteiger partial charge is 0.299 e. The zero-order valence-electron chi connectivity index (χ0n) is 10.0. The molecule has 2 aliphatic rings. The van der Waals surface area contributed by atoms with E-state index in [2.05, 4.69) is 9.88 Å². The van der Waals surface area contributed by atoms with Gasteiger partial charge in [0.05, 0.1) is 19.3 Å². The highest BCUT2D eigenvalue weighted by molar-refractivity contribution is 5.78. The van der Waals surface area contributed by atoms with E-state index in [0.29, 0.717) is 23.8 Å². The van der Waals surface area contributed by atoms with Crippen LogP contribution in [0.25, 0.3) is 11.1 Å². The van der Waals surface area contributed by atoms with Gasteiger partial charge in [-0.15, -0.1) is 0 Å². The number of nitrogens with zero attached hydrogens (tertiary/aromatic N) is 2. The molecule has 0 radical (unpaired) electrons. The summed E-state index contributed by atoms with van der Waals surface area (Å²) in [6.45, 7) is 1.55. The van der Waals surface area contributed by atoms with Crippen molar-refractivity contribution in [3.63, 3.8) is 0 Å². The quantitative estimate of drug-likeness (QED) is 0.835. The van der Waals surface area contributed by atoms with E-state index in [1.165, 1.54) is 12.8 Å². The normalized spacial score (nSPS) is 20.0. The lowest BCUT2D eigenvalue weighted by atomic mass is 10.2. The molecule has 0 bridgehead atoms. The molecular formula is C13H15N3O2. The van der Waals surface area contributed by atoms with Crippen LogP contribution in [0.4, 0.5) is 11.7 Å². The van der Waals surface area contributed by atoms with Gasteiger partial charge in [-0.2, -0.15) is 4.98 Å². The second kappa shape index (κ2) is 3.62. The van der Waals surface area contributed by atoms with Gasteiger partial charge in [0.2, 0.25) is 0 Å². The van der Waals surface area contributed by atoms with Gasteiger partial charge in [0.15, 0.2) is 5.58 Å². The third-order valence-corrected chi connectivity index (χ3v) is 3.58. The van der Waals surface area contributed by atoms with E-state index in [1.807, 2.05) is 18.2 Å².